The summed E-state index contributed by atoms with van der Waals surface area (Å²) >= 11 is 0. The molecule has 1 aliphatic rings. The van der Waals surface area contributed by atoms with Gasteiger partial charge in [0.1, 0.15) is 12.1 Å². The smallest absolute Gasteiger partial charge is 0.413 e. The molecule has 0 aromatic heterocycles. The molecule has 1 heterocycles. The molecule has 0 aliphatic carbocycles. The van der Waals surface area contributed by atoms with E-state index in [1.807, 2.05) is 5.32 Å². The molecule has 8 heteroatoms. The van der Waals surface area contributed by atoms with Crippen molar-refractivity contribution in [3.63, 3.8) is 0 Å². The first kappa shape index (κ1) is 16.5. The summed E-state index contributed by atoms with van der Waals surface area (Å²) in [6.45, 7) is 2.69. The molecule has 1 saturated heterocycles. The lowest BCUT2D eigenvalue weighted by Gasteiger charge is -2.21. The summed E-state index contributed by atoms with van der Waals surface area (Å²) in [6.07, 6.45) is -0.921. The second kappa shape index (κ2) is 6.47. The highest BCUT2D eigenvalue weighted by Crippen LogP contribution is 2.28. The van der Waals surface area contributed by atoms with E-state index in [0.717, 1.165) is 4.90 Å². The number of urea groups is 1. The number of benzene rings is 1. The quantitative estimate of drug-likeness (QED) is 0.796. The third kappa shape index (κ3) is 3.31. The minimum Gasteiger partial charge on any atom is -0.450 e. The van der Waals surface area contributed by atoms with Gasteiger partial charge in [-0.05, 0) is 19.4 Å². The molecule has 122 valence electrons. The van der Waals surface area contributed by atoms with Gasteiger partial charge < -0.3 is 10.1 Å². The van der Waals surface area contributed by atoms with Crippen LogP contribution in [-0.4, -0.2) is 42.0 Å². The third-order valence-corrected chi connectivity index (χ3v) is 3.44. The zero-order chi connectivity index (χ0) is 17.0. The van der Waals surface area contributed by atoms with E-state index in [-0.39, 0.29) is 6.61 Å². The molecule has 0 bridgehead atoms. The van der Waals surface area contributed by atoms with Crippen LogP contribution in [0.2, 0.25) is 0 Å². The Morgan fingerprint density at radius 3 is 2.52 bits per heavy atom. The maximum absolute atomic E-state index is 12.5. The average Bonchev–Trinajstić information content (AvgIpc) is 2.73. The molecular formula is C15H17N3O5. The Bertz CT molecular complexity index is 646. The minimum absolute atomic E-state index is 0.105. The summed E-state index contributed by atoms with van der Waals surface area (Å²) < 4.78 is 4.57. The van der Waals surface area contributed by atoms with Crippen LogP contribution in [0.1, 0.15) is 19.4 Å². The molecule has 5 amide bonds. The molecule has 1 aromatic carbocycles. The number of nitrogens with one attached hydrogen (secondary N) is 2. The fourth-order valence-corrected chi connectivity index (χ4v) is 2.27. The van der Waals surface area contributed by atoms with Crippen LogP contribution in [0.4, 0.5) is 9.59 Å². The predicted octanol–water partition coefficient (Wildman–Crippen LogP) is 0.726. The summed E-state index contributed by atoms with van der Waals surface area (Å²) in [5.74, 6) is -1.36. The van der Waals surface area contributed by atoms with E-state index in [9.17, 15) is 19.2 Å². The van der Waals surface area contributed by atoms with E-state index in [0.29, 0.717) is 5.56 Å². The van der Waals surface area contributed by atoms with Crippen molar-refractivity contribution in [3.8, 4) is 0 Å². The van der Waals surface area contributed by atoms with Crippen LogP contribution in [0.5, 0.6) is 0 Å². The number of hydrogen-bond donors (Lipinski definition) is 2. The van der Waals surface area contributed by atoms with Gasteiger partial charge in [-0.2, -0.15) is 0 Å². The van der Waals surface area contributed by atoms with E-state index in [1.54, 1.807) is 44.2 Å². The molecular weight excluding hydrogens is 302 g/mol. The van der Waals surface area contributed by atoms with Crippen LogP contribution in [-0.2, 0) is 19.9 Å². The Morgan fingerprint density at radius 2 is 1.91 bits per heavy atom. The van der Waals surface area contributed by atoms with E-state index < -0.39 is 36.0 Å². The van der Waals surface area contributed by atoms with Crippen molar-refractivity contribution in [2.24, 2.45) is 0 Å². The van der Waals surface area contributed by atoms with E-state index in [4.69, 9.17) is 0 Å². The number of amides is 5. The second-order valence-electron chi connectivity index (χ2n) is 5.08. The minimum atomic E-state index is -1.25. The van der Waals surface area contributed by atoms with E-state index in [1.165, 1.54) is 0 Å². The Hall–Kier alpha value is -2.90. The maximum atomic E-state index is 12.5. The monoisotopic (exact) mass is 319 g/mol. The SMILES string of the molecule is CCOC(=O)NC(=O)CN1C(=O)N[C@@](C)(c2ccccc2)C1=O. The van der Waals surface area contributed by atoms with Crippen LogP contribution < -0.4 is 10.6 Å². The molecule has 0 radical (unpaired) electrons. The van der Waals surface area contributed by atoms with E-state index >= 15 is 0 Å². The first-order valence-corrected chi connectivity index (χ1v) is 7.04. The zero-order valence-corrected chi connectivity index (χ0v) is 12.8. The van der Waals surface area contributed by atoms with Crippen molar-refractivity contribution in [2.45, 2.75) is 19.4 Å². The van der Waals surface area contributed by atoms with Gasteiger partial charge in [-0.3, -0.25) is 19.8 Å². The van der Waals surface area contributed by atoms with Gasteiger partial charge in [-0.1, -0.05) is 30.3 Å². The van der Waals surface area contributed by atoms with Gasteiger partial charge in [0.2, 0.25) is 5.91 Å². The largest absolute Gasteiger partial charge is 0.450 e. The summed E-state index contributed by atoms with van der Waals surface area (Å²) in [5, 5.41) is 4.51. The van der Waals surface area contributed by atoms with Crippen LogP contribution in [0.25, 0.3) is 0 Å². The molecule has 0 spiro atoms. The molecule has 23 heavy (non-hydrogen) atoms. The topological polar surface area (TPSA) is 105 Å². The van der Waals surface area contributed by atoms with Gasteiger partial charge in [0.15, 0.2) is 0 Å². The lowest BCUT2D eigenvalue weighted by atomic mass is 9.92. The van der Waals surface area contributed by atoms with Gasteiger partial charge in [-0.15, -0.1) is 0 Å². The number of alkyl carbamates (subject to hydrolysis) is 1. The molecule has 1 atom stereocenters. The van der Waals surface area contributed by atoms with Gasteiger partial charge in [0, 0.05) is 0 Å². The Kier molecular flexibility index (Phi) is 4.63. The number of imide groups is 2. The van der Waals surface area contributed by atoms with Gasteiger partial charge in [-0.25, -0.2) is 9.59 Å². The third-order valence-electron chi connectivity index (χ3n) is 3.44. The van der Waals surface area contributed by atoms with Crippen molar-refractivity contribution in [1.29, 1.82) is 0 Å². The second-order valence-corrected chi connectivity index (χ2v) is 5.08. The van der Waals surface area contributed by atoms with Gasteiger partial charge in [0.25, 0.3) is 5.91 Å². The van der Waals surface area contributed by atoms with Crippen LogP contribution in [0.15, 0.2) is 30.3 Å². The highest BCUT2D eigenvalue weighted by atomic mass is 16.5. The number of nitrogens with zero attached hydrogens (tertiary/aromatic N) is 1. The lowest BCUT2D eigenvalue weighted by molar-refractivity contribution is -0.134. The average molecular weight is 319 g/mol. The molecule has 2 rings (SSSR count). The van der Waals surface area contributed by atoms with Crippen molar-refractivity contribution in [3.05, 3.63) is 35.9 Å². The normalized spacial score (nSPS) is 20.2. The van der Waals surface area contributed by atoms with Crippen LogP contribution in [0, 0.1) is 0 Å². The molecule has 2 N–H and O–H groups in total. The Labute approximate surface area is 132 Å². The van der Waals surface area contributed by atoms with Gasteiger partial charge >= 0.3 is 12.1 Å². The number of carbonyl (C=O) groups is 4. The summed E-state index contributed by atoms with van der Waals surface area (Å²) in [6, 6.07) is 8.01. The maximum Gasteiger partial charge on any atom is 0.413 e. The zero-order valence-electron chi connectivity index (χ0n) is 12.8. The summed E-state index contributed by atoms with van der Waals surface area (Å²) in [5.41, 5.74) is -0.644. The highest BCUT2D eigenvalue weighted by Gasteiger charge is 2.49. The highest BCUT2D eigenvalue weighted by molar-refractivity contribution is 6.09. The van der Waals surface area contributed by atoms with E-state index in [2.05, 4.69) is 10.1 Å². The van der Waals surface area contributed by atoms with Crippen molar-refractivity contribution in [2.75, 3.05) is 13.2 Å². The first-order chi connectivity index (χ1) is 10.9. The van der Waals surface area contributed by atoms with Crippen molar-refractivity contribution < 1.29 is 23.9 Å². The number of rotatable bonds is 4. The molecule has 8 nitrogen and oxygen atoms in total. The first-order valence-electron chi connectivity index (χ1n) is 7.04. The fourth-order valence-electron chi connectivity index (χ4n) is 2.27. The summed E-state index contributed by atoms with van der Waals surface area (Å²) in [4.78, 5) is 48.2. The van der Waals surface area contributed by atoms with Crippen LogP contribution in [0.3, 0.4) is 0 Å². The summed E-state index contributed by atoms with van der Waals surface area (Å²) in [7, 11) is 0. The fraction of sp³-hybridized carbons (Fsp3) is 0.333. The lowest BCUT2D eigenvalue weighted by Crippen LogP contribution is -2.44. The number of hydrogen-bond acceptors (Lipinski definition) is 5. The standard InChI is InChI=1S/C15H17N3O5/c1-3-23-14(22)16-11(19)9-18-12(20)15(2,17-13(18)21)10-7-5-4-6-8-10/h4-8H,3,9H2,1-2H3,(H,17,21)(H,16,19,22)/t15-/m0/s1. The van der Waals surface area contributed by atoms with Gasteiger partial charge in [0.05, 0.1) is 6.61 Å². The number of carbonyl (C=O) groups excluding carboxylic acids is 4. The number of ether oxygens (including phenoxy) is 1. The molecule has 1 aliphatic heterocycles. The Balaban J connectivity index is 2.10. The molecule has 0 unspecified atom stereocenters. The molecule has 1 aromatic rings. The van der Waals surface area contributed by atoms with Crippen LogP contribution >= 0.6 is 0 Å². The molecule has 1 fully saturated rings. The van der Waals surface area contributed by atoms with Crippen molar-refractivity contribution >= 4 is 23.9 Å². The Morgan fingerprint density at radius 1 is 1.26 bits per heavy atom. The molecule has 0 saturated carbocycles. The predicted molar refractivity (Wildman–Crippen MR) is 79.2 cm³/mol. The van der Waals surface area contributed by atoms with Crippen molar-refractivity contribution in [1.82, 2.24) is 15.5 Å².